The Labute approximate surface area is 125 Å². The summed E-state index contributed by atoms with van der Waals surface area (Å²) in [7, 11) is 1.97. The van der Waals surface area contributed by atoms with Crippen molar-refractivity contribution in [3.05, 3.63) is 11.8 Å². The van der Waals surface area contributed by atoms with E-state index in [1.807, 2.05) is 7.05 Å². The highest BCUT2D eigenvalue weighted by atomic mass is 35.5. The van der Waals surface area contributed by atoms with Crippen molar-refractivity contribution in [2.75, 3.05) is 38.5 Å². The number of likely N-dealkylation sites (tertiary alicyclic amines) is 1. The van der Waals surface area contributed by atoms with Crippen LogP contribution in [0.3, 0.4) is 0 Å². The summed E-state index contributed by atoms with van der Waals surface area (Å²) in [6.45, 7) is 5.21. The van der Waals surface area contributed by atoms with Gasteiger partial charge in [-0.2, -0.15) is 0 Å². The summed E-state index contributed by atoms with van der Waals surface area (Å²) in [4.78, 5) is 14.1. The number of hydrogen-bond acceptors (Lipinski definition) is 5. The second-order valence-corrected chi connectivity index (χ2v) is 5.17. The van der Waals surface area contributed by atoms with Crippen LogP contribution < -0.4 is 10.6 Å². The topological polar surface area (TPSA) is 70.4 Å². The molecule has 1 aliphatic heterocycles. The number of nitrogens with one attached hydrogen (secondary N) is 2. The molecule has 1 unspecified atom stereocenters. The molecule has 0 aliphatic carbocycles. The van der Waals surface area contributed by atoms with Crippen LogP contribution in [0.2, 0.25) is 0 Å². The molecule has 0 bridgehead atoms. The molecule has 1 saturated heterocycles. The molecule has 1 amide bonds. The molecule has 1 aliphatic rings. The summed E-state index contributed by atoms with van der Waals surface area (Å²) in [6.07, 6.45) is 2.39. The molecule has 1 aromatic heterocycles. The van der Waals surface area contributed by atoms with Crippen LogP contribution in [0, 0.1) is 12.8 Å². The summed E-state index contributed by atoms with van der Waals surface area (Å²) >= 11 is 0. The zero-order valence-electron chi connectivity index (χ0n) is 12.0. The molecular formula is C13H23ClN4O2. The zero-order chi connectivity index (χ0) is 13.7. The zero-order valence-corrected chi connectivity index (χ0v) is 12.8. The highest BCUT2D eigenvalue weighted by molar-refractivity contribution is 5.91. The minimum absolute atomic E-state index is 0. The van der Waals surface area contributed by atoms with Crippen LogP contribution in [-0.2, 0) is 4.79 Å². The smallest absolute Gasteiger partial charge is 0.239 e. The van der Waals surface area contributed by atoms with Gasteiger partial charge in [-0.3, -0.25) is 9.69 Å². The van der Waals surface area contributed by atoms with E-state index in [0.29, 0.717) is 24.0 Å². The molecule has 0 aromatic carbocycles. The van der Waals surface area contributed by atoms with Crippen molar-refractivity contribution in [3.8, 4) is 0 Å². The third kappa shape index (κ3) is 5.11. The Hall–Kier alpha value is -1.11. The molecular weight excluding hydrogens is 280 g/mol. The quantitative estimate of drug-likeness (QED) is 0.857. The number of aromatic nitrogens is 1. The van der Waals surface area contributed by atoms with Crippen molar-refractivity contribution in [1.29, 1.82) is 0 Å². The van der Waals surface area contributed by atoms with E-state index in [9.17, 15) is 4.79 Å². The summed E-state index contributed by atoms with van der Waals surface area (Å²) in [6, 6.07) is 1.72. The molecule has 0 spiro atoms. The molecule has 0 radical (unpaired) electrons. The van der Waals surface area contributed by atoms with Crippen molar-refractivity contribution >= 4 is 24.1 Å². The second kappa shape index (κ2) is 8.24. The number of rotatable bonds is 5. The van der Waals surface area contributed by atoms with Gasteiger partial charge >= 0.3 is 0 Å². The van der Waals surface area contributed by atoms with Gasteiger partial charge in [0.15, 0.2) is 5.82 Å². The standard InChI is InChI=1S/C13H22N4O2.ClH/c1-10-6-12(16-19-10)15-13(18)9-17-5-3-4-11(8-17)7-14-2;/h6,11,14H,3-5,7-9H2,1-2H3,(H,15,16,18);1H. The first-order valence-corrected chi connectivity index (χ1v) is 6.77. The summed E-state index contributed by atoms with van der Waals surface area (Å²) in [5.74, 6) is 1.80. The fraction of sp³-hybridized carbons (Fsp3) is 0.692. The van der Waals surface area contributed by atoms with Gasteiger partial charge in [0, 0.05) is 12.6 Å². The maximum atomic E-state index is 11.9. The molecule has 6 nitrogen and oxygen atoms in total. The van der Waals surface area contributed by atoms with Gasteiger partial charge < -0.3 is 15.2 Å². The van der Waals surface area contributed by atoms with Gasteiger partial charge in [0.25, 0.3) is 0 Å². The fourth-order valence-electron chi connectivity index (χ4n) is 2.56. The van der Waals surface area contributed by atoms with Gasteiger partial charge in [-0.1, -0.05) is 5.16 Å². The molecule has 2 heterocycles. The number of aryl methyl sites for hydroxylation is 1. The van der Waals surface area contributed by atoms with Crippen molar-refractivity contribution < 1.29 is 9.32 Å². The fourth-order valence-corrected chi connectivity index (χ4v) is 2.56. The first-order valence-electron chi connectivity index (χ1n) is 6.77. The lowest BCUT2D eigenvalue weighted by atomic mass is 9.98. The van der Waals surface area contributed by atoms with E-state index in [2.05, 4.69) is 20.7 Å². The SMILES string of the molecule is CNCC1CCCN(CC(=O)Nc2cc(C)on2)C1.Cl. The Kier molecular flexibility index (Phi) is 6.98. The van der Waals surface area contributed by atoms with Crippen LogP contribution in [0.25, 0.3) is 0 Å². The van der Waals surface area contributed by atoms with Crippen LogP contribution in [0.15, 0.2) is 10.6 Å². The van der Waals surface area contributed by atoms with Crippen LogP contribution in [0.4, 0.5) is 5.82 Å². The third-order valence-corrected chi connectivity index (χ3v) is 3.36. The summed E-state index contributed by atoms with van der Waals surface area (Å²) < 4.78 is 4.92. The van der Waals surface area contributed by atoms with Gasteiger partial charge in [-0.15, -0.1) is 12.4 Å². The number of anilines is 1. The van der Waals surface area contributed by atoms with E-state index in [1.54, 1.807) is 13.0 Å². The minimum atomic E-state index is -0.0293. The minimum Gasteiger partial charge on any atom is -0.360 e. The van der Waals surface area contributed by atoms with E-state index < -0.39 is 0 Å². The van der Waals surface area contributed by atoms with Gasteiger partial charge in [-0.05, 0) is 45.8 Å². The number of carbonyl (C=O) groups is 1. The number of amides is 1. The Morgan fingerprint density at radius 1 is 1.60 bits per heavy atom. The average molecular weight is 303 g/mol. The van der Waals surface area contributed by atoms with Gasteiger partial charge in [0.1, 0.15) is 5.76 Å². The van der Waals surface area contributed by atoms with Crippen LogP contribution >= 0.6 is 12.4 Å². The predicted molar refractivity (Wildman–Crippen MR) is 80.2 cm³/mol. The molecule has 2 N–H and O–H groups in total. The van der Waals surface area contributed by atoms with E-state index in [-0.39, 0.29) is 18.3 Å². The number of carbonyl (C=O) groups excluding carboxylic acids is 1. The number of halogens is 1. The molecule has 2 rings (SSSR count). The summed E-state index contributed by atoms with van der Waals surface area (Å²) in [5, 5.41) is 9.72. The molecule has 1 aromatic rings. The lowest BCUT2D eigenvalue weighted by Crippen LogP contribution is -2.42. The molecule has 1 fully saturated rings. The number of piperidine rings is 1. The van der Waals surface area contributed by atoms with E-state index in [4.69, 9.17) is 4.52 Å². The number of hydrogen-bond donors (Lipinski definition) is 2. The summed E-state index contributed by atoms with van der Waals surface area (Å²) in [5.41, 5.74) is 0. The monoisotopic (exact) mass is 302 g/mol. The molecule has 0 saturated carbocycles. The maximum absolute atomic E-state index is 11.9. The number of nitrogens with zero attached hydrogens (tertiary/aromatic N) is 2. The van der Waals surface area contributed by atoms with Crippen molar-refractivity contribution in [1.82, 2.24) is 15.4 Å². The third-order valence-electron chi connectivity index (χ3n) is 3.36. The van der Waals surface area contributed by atoms with E-state index >= 15 is 0 Å². The van der Waals surface area contributed by atoms with Crippen molar-refractivity contribution in [3.63, 3.8) is 0 Å². The highest BCUT2D eigenvalue weighted by Gasteiger charge is 2.21. The highest BCUT2D eigenvalue weighted by Crippen LogP contribution is 2.15. The Morgan fingerprint density at radius 2 is 2.40 bits per heavy atom. The Morgan fingerprint density at radius 3 is 3.05 bits per heavy atom. The first-order chi connectivity index (χ1) is 9.17. The van der Waals surface area contributed by atoms with Crippen molar-refractivity contribution in [2.24, 2.45) is 5.92 Å². The predicted octanol–water partition coefficient (Wildman–Crippen LogP) is 1.27. The van der Waals surface area contributed by atoms with Crippen LogP contribution in [0.1, 0.15) is 18.6 Å². The Balaban J connectivity index is 0.00000200. The lowest BCUT2D eigenvalue weighted by Gasteiger charge is -2.31. The van der Waals surface area contributed by atoms with Gasteiger partial charge in [-0.25, -0.2) is 0 Å². The van der Waals surface area contributed by atoms with Crippen molar-refractivity contribution in [2.45, 2.75) is 19.8 Å². The maximum Gasteiger partial charge on any atom is 0.239 e. The molecule has 114 valence electrons. The van der Waals surface area contributed by atoms with E-state index in [1.165, 1.54) is 6.42 Å². The molecule has 1 atom stereocenters. The first kappa shape index (κ1) is 16.9. The van der Waals surface area contributed by atoms with Gasteiger partial charge in [0.05, 0.1) is 6.54 Å². The molecule has 20 heavy (non-hydrogen) atoms. The van der Waals surface area contributed by atoms with Gasteiger partial charge in [0.2, 0.25) is 5.91 Å². The largest absolute Gasteiger partial charge is 0.360 e. The van der Waals surface area contributed by atoms with Crippen LogP contribution in [0.5, 0.6) is 0 Å². The lowest BCUT2D eigenvalue weighted by molar-refractivity contribution is -0.117. The van der Waals surface area contributed by atoms with Crippen LogP contribution in [-0.4, -0.2) is 49.2 Å². The van der Waals surface area contributed by atoms with E-state index in [0.717, 1.165) is 26.1 Å². The Bertz CT molecular complexity index is 422. The average Bonchev–Trinajstić information content (AvgIpc) is 2.75. The second-order valence-electron chi connectivity index (χ2n) is 5.17. The molecule has 7 heteroatoms. The normalized spacial score (nSPS) is 19.4.